The Morgan fingerprint density at radius 1 is 1.09 bits per heavy atom. The van der Waals surface area contributed by atoms with Gasteiger partial charge in [-0.25, -0.2) is 4.79 Å². The van der Waals surface area contributed by atoms with Crippen LogP contribution in [0, 0.1) is 5.92 Å². The van der Waals surface area contributed by atoms with Crippen LogP contribution in [0.5, 0.6) is 0 Å². The van der Waals surface area contributed by atoms with Crippen LogP contribution in [0.2, 0.25) is 10.0 Å². The fourth-order valence-corrected chi connectivity index (χ4v) is 2.20. The van der Waals surface area contributed by atoms with Crippen molar-refractivity contribution in [2.75, 3.05) is 0 Å². The Hall–Kier alpha value is -1.79. The molecule has 1 unspecified atom stereocenters. The van der Waals surface area contributed by atoms with Crippen molar-refractivity contribution in [2.24, 2.45) is 5.92 Å². The zero-order chi connectivity index (χ0) is 17.7. The smallest absolute Gasteiger partial charge is 0.326 e. The average molecular weight is 361 g/mol. The number of hydrogen-bond donors (Lipinski definition) is 3. The monoisotopic (exact) mass is 360 g/mol. The van der Waals surface area contributed by atoms with Crippen molar-refractivity contribution >= 4 is 41.0 Å². The van der Waals surface area contributed by atoms with Crippen molar-refractivity contribution in [1.29, 1.82) is 0 Å². The number of hydrogen-bond acceptors (Lipinski definition) is 3. The van der Waals surface area contributed by atoms with E-state index in [0.29, 0.717) is 0 Å². The van der Waals surface area contributed by atoms with Gasteiger partial charge in [-0.3, -0.25) is 9.59 Å². The first kappa shape index (κ1) is 19.3. The fourth-order valence-electron chi connectivity index (χ4n) is 1.81. The molecular formula is C15H18Cl2N2O4. The van der Waals surface area contributed by atoms with Crippen LogP contribution in [0.3, 0.4) is 0 Å². The molecule has 0 radical (unpaired) electrons. The zero-order valence-corrected chi connectivity index (χ0v) is 14.4. The summed E-state index contributed by atoms with van der Waals surface area (Å²) < 4.78 is 0. The van der Waals surface area contributed by atoms with Gasteiger partial charge in [-0.05, 0) is 25.0 Å². The molecule has 3 N–H and O–H groups in total. The van der Waals surface area contributed by atoms with E-state index in [1.807, 2.05) is 0 Å². The van der Waals surface area contributed by atoms with Crippen LogP contribution in [0.25, 0.3) is 0 Å². The Morgan fingerprint density at radius 3 is 2.22 bits per heavy atom. The van der Waals surface area contributed by atoms with Crippen LogP contribution >= 0.6 is 23.2 Å². The Kier molecular flexibility index (Phi) is 6.84. The first-order chi connectivity index (χ1) is 10.6. The summed E-state index contributed by atoms with van der Waals surface area (Å²) in [4.78, 5) is 35.3. The molecule has 8 heteroatoms. The lowest BCUT2D eigenvalue weighted by molar-refractivity contribution is -0.143. The summed E-state index contributed by atoms with van der Waals surface area (Å²) in [5.74, 6) is -2.60. The van der Waals surface area contributed by atoms with Gasteiger partial charge in [0.1, 0.15) is 12.1 Å². The Morgan fingerprint density at radius 2 is 1.70 bits per heavy atom. The molecule has 6 nitrogen and oxygen atoms in total. The van der Waals surface area contributed by atoms with Gasteiger partial charge in [0.15, 0.2) is 0 Å². The number of aliphatic carboxylic acids is 1. The molecule has 0 bridgehead atoms. The number of amides is 2. The standard InChI is InChI=1S/C15H18Cl2N2O4/c1-7(2)12(15(22)23)19-13(20)8(3)18-14(21)9-5-4-6-10(16)11(9)17/h4-8,12H,1-3H3,(H,18,21)(H,19,20)(H,22,23)/t8?,12-/m0/s1. The second-order valence-corrected chi connectivity index (χ2v) is 6.15. The summed E-state index contributed by atoms with van der Waals surface area (Å²) in [5.41, 5.74) is 0.137. The van der Waals surface area contributed by atoms with E-state index in [1.165, 1.54) is 19.1 Å². The van der Waals surface area contributed by atoms with Gasteiger partial charge in [-0.1, -0.05) is 43.1 Å². The van der Waals surface area contributed by atoms with Gasteiger partial charge < -0.3 is 15.7 Å². The number of carbonyl (C=O) groups is 3. The molecule has 0 heterocycles. The predicted molar refractivity (Wildman–Crippen MR) is 87.8 cm³/mol. The number of halogens is 2. The Bertz CT molecular complexity index is 619. The molecule has 0 aliphatic carbocycles. The summed E-state index contributed by atoms with van der Waals surface area (Å²) in [6.07, 6.45) is 0. The summed E-state index contributed by atoms with van der Waals surface area (Å²) in [7, 11) is 0. The van der Waals surface area contributed by atoms with Gasteiger partial charge in [0.25, 0.3) is 5.91 Å². The van der Waals surface area contributed by atoms with Crippen LogP contribution in [0.1, 0.15) is 31.1 Å². The van der Waals surface area contributed by atoms with Crippen LogP contribution in [0.4, 0.5) is 0 Å². The molecule has 0 saturated heterocycles. The first-order valence-corrected chi connectivity index (χ1v) is 7.68. The summed E-state index contributed by atoms with van der Waals surface area (Å²) in [5, 5.41) is 14.2. The lowest BCUT2D eigenvalue weighted by Crippen LogP contribution is -2.52. The lowest BCUT2D eigenvalue weighted by atomic mass is 10.0. The van der Waals surface area contributed by atoms with E-state index < -0.39 is 29.9 Å². The highest BCUT2D eigenvalue weighted by atomic mass is 35.5. The number of carboxylic acids is 1. The molecule has 0 fully saturated rings. The van der Waals surface area contributed by atoms with E-state index in [2.05, 4.69) is 10.6 Å². The van der Waals surface area contributed by atoms with Gasteiger partial charge in [0.2, 0.25) is 5.91 Å². The predicted octanol–water partition coefficient (Wildman–Crippen LogP) is 2.34. The number of rotatable bonds is 6. The second kappa shape index (κ2) is 8.17. The van der Waals surface area contributed by atoms with Crippen LogP contribution in [-0.4, -0.2) is 35.0 Å². The van der Waals surface area contributed by atoms with Gasteiger partial charge in [-0.2, -0.15) is 0 Å². The zero-order valence-electron chi connectivity index (χ0n) is 12.9. The third-order valence-corrected chi connectivity index (χ3v) is 3.99. The maximum atomic E-state index is 12.1. The Labute approximate surface area is 144 Å². The largest absolute Gasteiger partial charge is 0.480 e. The molecular weight excluding hydrogens is 343 g/mol. The second-order valence-electron chi connectivity index (χ2n) is 5.37. The van der Waals surface area contributed by atoms with Crippen LogP contribution in [0.15, 0.2) is 18.2 Å². The molecule has 1 aromatic rings. The van der Waals surface area contributed by atoms with E-state index in [1.54, 1.807) is 19.9 Å². The number of nitrogens with one attached hydrogen (secondary N) is 2. The van der Waals surface area contributed by atoms with Gasteiger partial charge in [0, 0.05) is 0 Å². The van der Waals surface area contributed by atoms with Crippen molar-refractivity contribution in [2.45, 2.75) is 32.9 Å². The molecule has 1 aromatic carbocycles. The van der Waals surface area contributed by atoms with Crippen LogP contribution in [-0.2, 0) is 9.59 Å². The molecule has 0 aliphatic rings. The summed E-state index contributed by atoms with van der Waals surface area (Å²) in [6, 6.07) is 2.61. The van der Waals surface area contributed by atoms with E-state index in [4.69, 9.17) is 28.3 Å². The van der Waals surface area contributed by atoms with E-state index in [0.717, 1.165) is 0 Å². The van der Waals surface area contributed by atoms with Crippen molar-refractivity contribution in [3.8, 4) is 0 Å². The molecule has 0 aliphatic heterocycles. The molecule has 0 spiro atoms. The first-order valence-electron chi connectivity index (χ1n) is 6.93. The minimum absolute atomic E-state index is 0.0878. The topological polar surface area (TPSA) is 95.5 Å². The van der Waals surface area contributed by atoms with E-state index in [-0.39, 0.29) is 21.5 Å². The lowest BCUT2D eigenvalue weighted by Gasteiger charge is -2.21. The highest BCUT2D eigenvalue weighted by Crippen LogP contribution is 2.25. The van der Waals surface area contributed by atoms with Gasteiger partial charge in [-0.15, -0.1) is 0 Å². The highest BCUT2D eigenvalue weighted by Gasteiger charge is 2.26. The van der Waals surface area contributed by atoms with Gasteiger partial charge in [0.05, 0.1) is 15.6 Å². The SMILES string of the molecule is CC(NC(=O)c1cccc(Cl)c1Cl)C(=O)N[C@H](C(=O)O)C(C)C. The Balaban J connectivity index is 2.76. The van der Waals surface area contributed by atoms with Crippen LogP contribution < -0.4 is 10.6 Å². The van der Waals surface area contributed by atoms with Crippen molar-refractivity contribution in [1.82, 2.24) is 10.6 Å². The molecule has 23 heavy (non-hydrogen) atoms. The minimum atomic E-state index is -1.13. The molecule has 0 saturated carbocycles. The molecule has 1 rings (SSSR count). The van der Waals surface area contributed by atoms with Gasteiger partial charge >= 0.3 is 5.97 Å². The van der Waals surface area contributed by atoms with Crippen molar-refractivity contribution < 1.29 is 19.5 Å². The minimum Gasteiger partial charge on any atom is -0.480 e. The summed E-state index contributed by atoms with van der Waals surface area (Å²) in [6.45, 7) is 4.80. The maximum absolute atomic E-state index is 12.1. The third kappa shape index (κ3) is 5.11. The number of carboxylic acid groups (broad SMARTS) is 1. The van der Waals surface area contributed by atoms with Crippen molar-refractivity contribution in [3.05, 3.63) is 33.8 Å². The summed E-state index contributed by atoms with van der Waals surface area (Å²) >= 11 is 11.8. The quantitative estimate of drug-likeness (QED) is 0.725. The third-order valence-electron chi connectivity index (χ3n) is 3.17. The van der Waals surface area contributed by atoms with E-state index in [9.17, 15) is 14.4 Å². The maximum Gasteiger partial charge on any atom is 0.326 e. The fraction of sp³-hybridized carbons (Fsp3) is 0.400. The molecule has 2 atom stereocenters. The van der Waals surface area contributed by atoms with E-state index >= 15 is 0 Å². The van der Waals surface area contributed by atoms with Crippen molar-refractivity contribution in [3.63, 3.8) is 0 Å². The number of carbonyl (C=O) groups excluding carboxylic acids is 2. The molecule has 2 amide bonds. The molecule has 126 valence electrons. The highest BCUT2D eigenvalue weighted by molar-refractivity contribution is 6.43. The molecule has 0 aromatic heterocycles. The number of benzene rings is 1. The normalized spacial score (nSPS) is 13.3. The average Bonchev–Trinajstić information content (AvgIpc) is 2.46.